The fourth-order valence-electron chi connectivity index (χ4n) is 7.38. The fourth-order valence-corrected chi connectivity index (χ4v) is 7.38. The van der Waals surface area contributed by atoms with Crippen molar-refractivity contribution in [1.29, 1.82) is 0 Å². The zero-order valence-electron chi connectivity index (χ0n) is 31.4. The number of ether oxygens (including phenoxy) is 4. The van der Waals surface area contributed by atoms with Crippen LogP contribution in [0.4, 0.5) is 5.82 Å². The van der Waals surface area contributed by atoms with Crippen molar-refractivity contribution in [2.45, 2.75) is 84.1 Å². The number of nitrogens with one attached hydrogen (secondary N) is 1. The highest BCUT2D eigenvalue weighted by atomic mass is 16.5. The Morgan fingerprint density at radius 2 is 1.27 bits per heavy atom. The number of aryl methyl sites for hydroxylation is 2. The molecule has 0 saturated heterocycles. The molecule has 2 aromatic carbocycles. The Kier molecular flexibility index (Phi) is 14.7. The van der Waals surface area contributed by atoms with E-state index in [1.54, 1.807) is 41.4 Å². The summed E-state index contributed by atoms with van der Waals surface area (Å²) in [6.45, 7) is 3.66. The Bertz CT molecular complexity index is 1630. The number of anilines is 1. The number of pyridine rings is 1. The van der Waals surface area contributed by atoms with Crippen LogP contribution in [0, 0.1) is 30.6 Å². The van der Waals surface area contributed by atoms with Crippen LogP contribution in [-0.2, 0) is 33.6 Å². The van der Waals surface area contributed by atoms with Gasteiger partial charge in [-0.2, -0.15) is 0 Å². The molecule has 5 rings (SSSR count). The lowest BCUT2D eigenvalue weighted by molar-refractivity contribution is -0.141. The van der Waals surface area contributed by atoms with Gasteiger partial charge in [0.05, 0.1) is 40.4 Å². The van der Waals surface area contributed by atoms with Crippen molar-refractivity contribution in [3.05, 3.63) is 70.9 Å². The van der Waals surface area contributed by atoms with Gasteiger partial charge in [-0.25, -0.2) is 4.98 Å². The normalized spacial score (nSPS) is 19.9. The average molecular weight is 718 g/mol. The maximum absolute atomic E-state index is 12.8. The van der Waals surface area contributed by atoms with Crippen molar-refractivity contribution in [2.75, 3.05) is 34.2 Å². The molecule has 2 aliphatic rings. The Morgan fingerprint density at radius 3 is 1.71 bits per heavy atom. The van der Waals surface area contributed by atoms with Crippen molar-refractivity contribution >= 4 is 23.5 Å². The molecule has 0 aliphatic heterocycles. The van der Waals surface area contributed by atoms with E-state index in [9.17, 15) is 14.4 Å². The van der Waals surface area contributed by atoms with E-state index in [2.05, 4.69) is 10.3 Å². The lowest BCUT2D eigenvalue weighted by Gasteiger charge is -2.17. The molecular formula is C41H55N3O8. The number of rotatable bonds is 15. The smallest absolute Gasteiger partial charge is 0.306 e. The fraction of sp³-hybridized carbons (Fsp3) is 0.512. The van der Waals surface area contributed by atoms with E-state index in [0.717, 1.165) is 96.7 Å². The van der Waals surface area contributed by atoms with Crippen molar-refractivity contribution in [2.24, 2.45) is 23.7 Å². The lowest BCUT2D eigenvalue weighted by atomic mass is 9.96. The number of benzene rings is 2. The first-order valence-corrected chi connectivity index (χ1v) is 18.1. The summed E-state index contributed by atoms with van der Waals surface area (Å²) >= 11 is 0. The molecule has 52 heavy (non-hydrogen) atoms. The highest BCUT2D eigenvalue weighted by molar-refractivity contribution is 5.89. The maximum atomic E-state index is 12.8. The first kappa shape index (κ1) is 40.0. The molecule has 1 heterocycles. The van der Waals surface area contributed by atoms with Crippen molar-refractivity contribution in [3.63, 3.8) is 0 Å². The number of carbonyl (C=O) groups is 3. The number of carbonyl (C=O) groups excluding carboxylic acids is 2. The summed E-state index contributed by atoms with van der Waals surface area (Å²) in [7, 11) is 6.55. The molecule has 3 aromatic rings. The molecule has 5 atom stereocenters. The third-order valence-electron chi connectivity index (χ3n) is 10.4. The topological polar surface area (TPSA) is 159 Å². The molecule has 2 fully saturated rings. The first-order valence-electron chi connectivity index (χ1n) is 18.1. The van der Waals surface area contributed by atoms with E-state index < -0.39 is 12.0 Å². The second-order valence-corrected chi connectivity index (χ2v) is 14.1. The molecule has 2 saturated carbocycles. The van der Waals surface area contributed by atoms with Crippen LogP contribution in [0.15, 0.2) is 48.5 Å². The number of amides is 1. The Balaban J connectivity index is 0.000000269. The van der Waals surface area contributed by atoms with Gasteiger partial charge in [-0.05, 0) is 130 Å². The van der Waals surface area contributed by atoms with Crippen molar-refractivity contribution in [3.8, 4) is 23.0 Å². The largest absolute Gasteiger partial charge is 0.497 e. The Labute approximate surface area is 307 Å². The predicted molar refractivity (Wildman–Crippen MR) is 200 cm³/mol. The van der Waals surface area contributed by atoms with E-state index in [1.807, 2.05) is 49.4 Å². The molecule has 4 N–H and O–H groups in total. The summed E-state index contributed by atoms with van der Waals surface area (Å²) in [4.78, 5) is 40.6. The van der Waals surface area contributed by atoms with Crippen LogP contribution in [0.5, 0.6) is 23.0 Å². The van der Waals surface area contributed by atoms with Crippen molar-refractivity contribution < 1.29 is 38.4 Å². The SMILES string of the molecule is COc1cc(C[C@@H]2CC[C@@H](C(=O)N[C@@H](C)C(=O)CCc3ccc(N)nc3C)C2)cc(OC)c1.COc1cc(C[C@@H]2CC[C@@H](C(=O)O)C2)cc(OC)c1. The number of methoxy groups -OCH3 is 4. The van der Waals surface area contributed by atoms with E-state index in [1.165, 1.54) is 0 Å². The monoisotopic (exact) mass is 717 g/mol. The number of Topliss-reactive ketones (excluding diaryl/α,β-unsaturated/α-hetero) is 1. The van der Waals surface area contributed by atoms with Gasteiger partial charge >= 0.3 is 5.97 Å². The molecule has 0 unspecified atom stereocenters. The summed E-state index contributed by atoms with van der Waals surface area (Å²) in [5.41, 5.74) is 9.82. The number of aliphatic carboxylic acids is 1. The minimum Gasteiger partial charge on any atom is -0.497 e. The molecule has 1 amide bonds. The number of carboxylic acids is 1. The number of ketones is 1. The zero-order chi connectivity index (χ0) is 37.8. The van der Waals surface area contributed by atoms with Crippen molar-refractivity contribution in [1.82, 2.24) is 10.3 Å². The third-order valence-corrected chi connectivity index (χ3v) is 10.4. The molecule has 282 valence electrons. The molecule has 0 spiro atoms. The van der Waals surface area contributed by atoms with Crippen LogP contribution < -0.4 is 30.0 Å². The molecule has 0 radical (unpaired) electrons. The summed E-state index contributed by atoms with van der Waals surface area (Å²) in [6.07, 6.45) is 7.91. The summed E-state index contributed by atoms with van der Waals surface area (Å²) in [6, 6.07) is 14.9. The van der Waals surface area contributed by atoms with Crippen LogP contribution in [0.1, 0.15) is 74.3 Å². The number of nitrogen functional groups attached to an aromatic ring is 1. The van der Waals surface area contributed by atoms with Gasteiger partial charge in [-0.1, -0.05) is 6.07 Å². The average Bonchev–Trinajstić information content (AvgIpc) is 3.81. The molecular weight excluding hydrogens is 662 g/mol. The Morgan fingerprint density at radius 1 is 0.788 bits per heavy atom. The van der Waals surface area contributed by atoms with E-state index in [0.29, 0.717) is 30.5 Å². The number of hydrogen-bond acceptors (Lipinski definition) is 9. The van der Waals surface area contributed by atoms with E-state index >= 15 is 0 Å². The quantitative estimate of drug-likeness (QED) is 0.161. The number of nitrogens with zero attached hydrogens (tertiary/aromatic N) is 1. The Hall–Kier alpha value is -4.80. The summed E-state index contributed by atoms with van der Waals surface area (Å²) in [5.74, 6) is 3.56. The van der Waals surface area contributed by atoms with Gasteiger partial charge in [0, 0.05) is 30.2 Å². The van der Waals surface area contributed by atoms with Crippen LogP contribution in [0.25, 0.3) is 0 Å². The predicted octanol–water partition coefficient (Wildman–Crippen LogP) is 6.40. The van der Waals surface area contributed by atoms with Gasteiger partial charge in [-0.15, -0.1) is 0 Å². The first-order chi connectivity index (χ1) is 24.9. The summed E-state index contributed by atoms with van der Waals surface area (Å²) < 4.78 is 21.2. The van der Waals surface area contributed by atoms with Gasteiger partial charge in [0.2, 0.25) is 5.91 Å². The van der Waals surface area contributed by atoms with Gasteiger partial charge in [0.25, 0.3) is 0 Å². The molecule has 0 bridgehead atoms. The van der Waals surface area contributed by atoms with Gasteiger partial charge in [-0.3, -0.25) is 14.4 Å². The van der Waals surface area contributed by atoms with Gasteiger partial charge in [0.1, 0.15) is 28.8 Å². The van der Waals surface area contributed by atoms with Gasteiger partial charge < -0.3 is 35.1 Å². The van der Waals surface area contributed by atoms with Crippen LogP contribution in [0.3, 0.4) is 0 Å². The van der Waals surface area contributed by atoms with E-state index in [-0.39, 0.29) is 23.5 Å². The van der Waals surface area contributed by atoms with Crippen LogP contribution in [0.2, 0.25) is 0 Å². The lowest BCUT2D eigenvalue weighted by Crippen LogP contribution is -2.41. The minimum atomic E-state index is -0.661. The van der Waals surface area contributed by atoms with Crippen LogP contribution >= 0.6 is 0 Å². The molecule has 2 aliphatic carbocycles. The number of hydrogen-bond donors (Lipinski definition) is 3. The second-order valence-electron chi connectivity index (χ2n) is 14.1. The highest BCUT2D eigenvalue weighted by Gasteiger charge is 2.32. The number of nitrogens with two attached hydrogens (primary N) is 1. The number of carboxylic acid groups (broad SMARTS) is 1. The summed E-state index contributed by atoms with van der Waals surface area (Å²) in [5, 5.41) is 12.0. The second kappa shape index (κ2) is 19.2. The minimum absolute atomic E-state index is 0.0214. The highest BCUT2D eigenvalue weighted by Crippen LogP contribution is 2.36. The zero-order valence-corrected chi connectivity index (χ0v) is 31.4. The number of aromatic nitrogens is 1. The third kappa shape index (κ3) is 11.6. The van der Waals surface area contributed by atoms with E-state index in [4.69, 9.17) is 29.8 Å². The van der Waals surface area contributed by atoms with Gasteiger partial charge in [0.15, 0.2) is 5.78 Å². The van der Waals surface area contributed by atoms with Crippen LogP contribution in [-0.4, -0.2) is 62.2 Å². The molecule has 1 aromatic heterocycles. The standard InChI is InChI=1S/C26H35N3O4.C15H20O4/c1-16-20(8-10-25(27)28-16)7-9-24(30)17(2)29-26(31)21-6-5-18(12-21)11-19-13-22(32-3)15-23(14-19)33-4;1-18-13-7-11(8-14(9-13)19-2)5-10-3-4-12(6-10)15(16)17/h8,10,13-15,17-18,21H,5-7,9,11-12H2,1-4H3,(H2,27,28)(H,29,31);7-10,12H,3-6H2,1-2H3,(H,16,17)/t17-,18-,21+;10-,12+/m00/s1. The molecule has 11 nitrogen and oxygen atoms in total. The molecule has 11 heteroatoms. The maximum Gasteiger partial charge on any atom is 0.306 e.